The van der Waals surface area contributed by atoms with Crippen LogP contribution in [-0.2, 0) is 0 Å². The third kappa shape index (κ3) is 4.93. The Morgan fingerprint density at radius 3 is 2.27 bits per heavy atom. The molecule has 4 heteroatoms. The van der Waals surface area contributed by atoms with Crippen molar-refractivity contribution in [3.8, 4) is 0 Å². The van der Waals surface area contributed by atoms with Gasteiger partial charge in [-0.1, -0.05) is 13.8 Å². The van der Waals surface area contributed by atoms with Crippen molar-refractivity contribution in [3.05, 3.63) is 0 Å². The second-order valence-corrected chi connectivity index (χ2v) is 4.20. The van der Waals surface area contributed by atoms with Crippen LogP contribution in [0, 0.1) is 0 Å². The highest BCUT2D eigenvalue weighted by Gasteiger charge is 2.17. The second-order valence-electron chi connectivity index (χ2n) is 4.20. The van der Waals surface area contributed by atoms with Crippen LogP contribution >= 0.6 is 0 Å². The van der Waals surface area contributed by atoms with E-state index < -0.39 is 0 Å². The molecule has 1 rings (SSSR count). The summed E-state index contributed by atoms with van der Waals surface area (Å²) in [7, 11) is 0. The largest absolute Gasteiger partial charge is 0.390 e. The van der Waals surface area contributed by atoms with E-state index in [1.165, 1.54) is 0 Å². The van der Waals surface area contributed by atoms with E-state index in [1.54, 1.807) is 0 Å². The number of likely N-dealkylation sites (N-methyl/N-ethyl adjacent to an activating group) is 2. The van der Waals surface area contributed by atoms with Gasteiger partial charge in [-0.3, -0.25) is 4.90 Å². The molecule has 0 aromatic heterocycles. The van der Waals surface area contributed by atoms with Crippen LogP contribution in [0.2, 0.25) is 0 Å². The minimum absolute atomic E-state index is 0.224. The number of rotatable bonds is 6. The maximum Gasteiger partial charge on any atom is 0.0791 e. The smallest absolute Gasteiger partial charge is 0.0791 e. The summed E-state index contributed by atoms with van der Waals surface area (Å²) in [6.45, 7) is 12.3. The number of nitrogens with zero attached hydrogens (tertiary/aromatic N) is 2. The zero-order valence-electron chi connectivity index (χ0n) is 10.1. The standard InChI is InChI=1S/C11H25N3O/c1-3-12-9-11(15)10-14-7-5-13(4-2)6-8-14/h11-12,15H,3-10H2,1-2H3. The maximum absolute atomic E-state index is 9.74. The lowest BCUT2D eigenvalue weighted by Gasteiger charge is -2.35. The molecule has 1 fully saturated rings. The first-order valence-electron chi connectivity index (χ1n) is 6.09. The zero-order chi connectivity index (χ0) is 11.1. The fraction of sp³-hybridized carbons (Fsp3) is 1.00. The normalized spacial score (nSPS) is 21.8. The predicted octanol–water partition coefficient (Wildman–Crippen LogP) is -0.406. The van der Waals surface area contributed by atoms with Gasteiger partial charge in [-0.2, -0.15) is 0 Å². The fourth-order valence-corrected chi connectivity index (χ4v) is 1.96. The lowest BCUT2D eigenvalue weighted by molar-refractivity contribution is 0.0745. The molecule has 90 valence electrons. The SMILES string of the molecule is CCNCC(O)CN1CCN(CC)CC1. The number of β-amino-alcohol motifs (C(OH)–C–C–N with tert-alkyl or cyclic N) is 1. The van der Waals surface area contributed by atoms with Crippen LogP contribution in [0.25, 0.3) is 0 Å². The molecule has 1 saturated heterocycles. The van der Waals surface area contributed by atoms with Crippen molar-refractivity contribution in [2.24, 2.45) is 0 Å². The molecule has 1 atom stereocenters. The number of hydrogen-bond acceptors (Lipinski definition) is 4. The Kier molecular flexibility index (Phi) is 6.17. The molecule has 1 heterocycles. The first-order chi connectivity index (χ1) is 7.26. The second kappa shape index (κ2) is 7.17. The van der Waals surface area contributed by atoms with Gasteiger partial charge in [-0.05, 0) is 13.1 Å². The third-order valence-electron chi connectivity index (χ3n) is 3.01. The Labute approximate surface area is 93.2 Å². The summed E-state index contributed by atoms with van der Waals surface area (Å²) in [5, 5.41) is 12.9. The van der Waals surface area contributed by atoms with Crippen LogP contribution in [0.1, 0.15) is 13.8 Å². The molecular formula is C11H25N3O. The summed E-state index contributed by atoms with van der Waals surface area (Å²) in [6.07, 6.45) is -0.224. The van der Waals surface area contributed by atoms with Crippen molar-refractivity contribution in [1.82, 2.24) is 15.1 Å². The number of piperazine rings is 1. The minimum atomic E-state index is -0.224. The molecule has 0 aromatic rings. The van der Waals surface area contributed by atoms with Gasteiger partial charge in [-0.25, -0.2) is 0 Å². The Hall–Kier alpha value is -0.160. The van der Waals surface area contributed by atoms with Gasteiger partial charge in [0, 0.05) is 39.3 Å². The molecule has 0 amide bonds. The summed E-state index contributed by atoms with van der Waals surface area (Å²) in [6, 6.07) is 0. The molecule has 0 aliphatic carbocycles. The van der Waals surface area contributed by atoms with E-state index in [4.69, 9.17) is 0 Å². The van der Waals surface area contributed by atoms with Crippen molar-refractivity contribution in [3.63, 3.8) is 0 Å². The van der Waals surface area contributed by atoms with Crippen LogP contribution in [0.15, 0.2) is 0 Å². The molecule has 1 aliphatic rings. The topological polar surface area (TPSA) is 38.7 Å². The monoisotopic (exact) mass is 215 g/mol. The molecule has 0 bridgehead atoms. The van der Waals surface area contributed by atoms with Gasteiger partial charge < -0.3 is 15.3 Å². The molecule has 0 saturated carbocycles. The minimum Gasteiger partial charge on any atom is -0.390 e. The van der Waals surface area contributed by atoms with Gasteiger partial charge in [0.1, 0.15) is 0 Å². The molecule has 0 aromatic carbocycles. The quantitative estimate of drug-likeness (QED) is 0.632. The summed E-state index contributed by atoms with van der Waals surface area (Å²) in [5.41, 5.74) is 0. The van der Waals surface area contributed by atoms with Gasteiger partial charge in [0.15, 0.2) is 0 Å². The fourth-order valence-electron chi connectivity index (χ4n) is 1.96. The average Bonchev–Trinajstić information content (AvgIpc) is 2.27. The Morgan fingerprint density at radius 1 is 1.13 bits per heavy atom. The van der Waals surface area contributed by atoms with E-state index in [2.05, 4.69) is 29.0 Å². The summed E-state index contributed by atoms with van der Waals surface area (Å²) in [4.78, 5) is 4.81. The maximum atomic E-state index is 9.74. The Balaban J connectivity index is 2.12. The van der Waals surface area contributed by atoms with Crippen molar-refractivity contribution in [1.29, 1.82) is 0 Å². The van der Waals surface area contributed by atoms with Crippen molar-refractivity contribution >= 4 is 0 Å². The first kappa shape index (κ1) is 12.9. The van der Waals surface area contributed by atoms with E-state index in [0.717, 1.165) is 45.8 Å². The number of aliphatic hydroxyl groups is 1. The van der Waals surface area contributed by atoms with Crippen molar-refractivity contribution in [2.45, 2.75) is 20.0 Å². The van der Waals surface area contributed by atoms with E-state index in [9.17, 15) is 5.11 Å². The van der Waals surface area contributed by atoms with Crippen molar-refractivity contribution in [2.75, 3.05) is 52.4 Å². The first-order valence-corrected chi connectivity index (χ1v) is 6.09. The van der Waals surface area contributed by atoms with Gasteiger partial charge in [0.2, 0.25) is 0 Å². The molecule has 1 aliphatic heterocycles. The van der Waals surface area contributed by atoms with Crippen LogP contribution in [-0.4, -0.2) is 73.4 Å². The molecule has 0 radical (unpaired) electrons. The summed E-state index contributed by atoms with van der Waals surface area (Å²) < 4.78 is 0. The Bertz CT molecular complexity index is 158. The van der Waals surface area contributed by atoms with E-state index in [-0.39, 0.29) is 6.10 Å². The van der Waals surface area contributed by atoms with Crippen LogP contribution in [0.4, 0.5) is 0 Å². The molecule has 0 spiro atoms. The molecular weight excluding hydrogens is 190 g/mol. The predicted molar refractivity (Wildman–Crippen MR) is 63.1 cm³/mol. The van der Waals surface area contributed by atoms with Crippen LogP contribution in [0.3, 0.4) is 0 Å². The number of nitrogens with one attached hydrogen (secondary N) is 1. The highest BCUT2D eigenvalue weighted by Crippen LogP contribution is 2.01. The average molecular weight is 215 g/mol. The van der Waals surface area contributed by atoms with Crippen LogP contribution in [0.5, 0.6) is 0 Å². The molecule has 2 N–H and O–H groups in total. The van der Waals surface area contributed by atoms with Gasteiger partial charge in [0.25, 0.3) is 0 Å². The highest BCUT2D eigenvalue weighted by atomic mass is 16.3. The van der Waals surface area contributed by atoms with E-state index in [0.29, 0.717) is 6.54 Å². The Morgan fingerprint density at radius 2 is 1.73 bits per heavy atom. The third-order valence-corrected chi connectivity index (χ3v) is 3.01. The summed E-state index contributed by atoms with van der Waals surface area (Å²) in [5.74, 6) is 0. The summed E-state index contributed by atoms with van der Waals surface area (Å²) >= 11 is 0. The van der Waals surface area contributed by atoms with Crippen LogP contribution < -0.4 is 5.32 Å². The van der Waals surface area contributed by atoms with E-state index >= 15 is 0 Å². The van der Waals surface area contributed by atoms with Crippen molar-refractivity contribution < 1.29 is 5.11 Å². The van der Waals surface area contributed by atoms with E-state index in [1.807, 2.05) is 0 Å². The lowest BCUT2D eigenvalue weighted by Crippen LogP contribution is -2.49. The molecule has 1 unspecified atom stereocenters. The number of hydrogen-bond donors (Lipinski definition) is 2. The van der Waals surface area contributed by atoms with Gasteiger partial charge in [-0.15, -0.1) is 0 Å². The molecule has 4 nitrogen and oxygen atoms in total. The molecule has 15 heavy (non-hydrogen) atoms. The zero-order valence-corrected chi connectivity index (χ0v) is 10.1. The highest BCUT2D eigenvalue weighted by molar-refractivity contribution is 4.74. The van der Waals surface area contributed by atoms with Gasteiger partial charge >= 0.3 is 0 Å². The lowest BCUT2D eigenvalue weighted by atomic mass is 10.2. The van der Waals surface area contributed by atoms with Gasteiger partial charge in [0.05, 0.1) is 6.10 Å². The number of aliphatic hydroxyl groups excluding tert-OH is 1.